The van der Waals surface area contributed by atoms with Gasteiger partial charge < -0.3 is 0 Å². The average molecular weight is 644 g/mol. The van der Waals surface area contributed by atoms with Gasteiger partial charge in [0.1, 0.15) is 0 Å². The third-order valence-electron chi connectivity index (χ3n) is 9.37. The maximum absolute atomic E-state index is 4.71. The Labute approximate surface area is 296 Å². The van der Waals surface area contributed by atoms with E-state index in [1.165, 1.54) is 66.1 Å². The van der Waals surface area contributed by atoms with Crippen molar-refractivity contribution in [3.63, 3.8) is 0 Å². The predicted octanol–water partition coefficient (Wildman–Crippen LogP) is 13.6. The summed E-state index contributed by atoms with van der Waals surface area (Å²) < 4.78 is 0. The lowest BCUT2D eigenvalue weighted by Crippen LogP contribution is -1.97. The molecule has 0 aliphatic heterocycles. The highest BCUT2D eigenvalue weighted by Gasteiger charge is 2.18. The number of rotatable bonds is 9. The van der Waals surface area contributed by atoms with Crippen molar-refractivity contribution in [3.05, 3.63) is 188 Å². The van der Waals surface area contributed by atoms with Crippen molar-refractivity contribution in [2.24, 2.45) is 4.99 Å². The van der Waals surface area contributed by atoms with Gasteiger partial charge in [-0.25, -0.2) is 0 Å². The molecule has 242 valence electrons. The second kappa shape index (κ2) is 14.6. The summed E-state index contributed by atoms with van der Waals surface area (Å²) in [5, 5.41) is 4.96. The van der Waals surface area contributed by atoms with Crippen LogP contribution in [-0.2, 0) is 0 Å². The van der Waals surface area contributed by atoms with E-state index in [-0.39, 0.29) is 0 Å². The molecule has 1 nitrogen and oxygen atoms in total. The Morgan fingerprint density at radius 2 is 0.920 bits per heavy atom. The molecule has 7 aromatic rings. The van der Waals surface area contributed by atoms with E-state index in [2.05, 4.69) is 171 Å². The maximum atomic E-state index is 4.71. The summed E-state index contributed by atoms with van der Waals surface area (Å²) in [7, 11) is 0. The van der Waals surface area contributed by atoms with Crippen LogP contribution in [0.15, 0.2) is 181 Å². The molecule has 0 amide bonds. The Morgan fingerprint density at radius 1 is 0.480 bits per heavy atom. The van der Waals surface area contributed by atoms with Crippen molar-refractivity contribution in [2.75, 3.05) is 6.54 Å². The van der Waals surface area contributed by atoms with Gasteiger partial charge in [0, 0.05) is 6.54 Å². The van der Waals surface area contributed by atoms with E-state index >= 15 is 0 Å². The molecule has 0 fully saturated rings. The smallest absolute Gasteiger partial charge is 0.0643 e. The second-order valence-electron chi connectivity index (χ2n) is 12.5. The first-order chi connectivity index (χ1) is 24.6. The molecule has 0 bridgehead atoms. The van der Waals surface area contributed by atoms with Gasteiger partial charge >= 0.3 is 0 Å². The molecule has 0 N–H and O–H groups in total. The van der Waals surface area contributed by atoms with E-state index in [9.17, 15) is 0 Å². The van der Waals surface area contributed by atoms with E-state index in [0.29, 0.717) is 0 Å². The Balaban J connectivity index is 1.47. The minimum atomic E-state index is 0.757. The van der Waals surface area contributed by atoms with Crippen molar-refractivity contribution < 1.29 is 0 Å². The molecule has 0 aliphatic carbocycles. The van der Waals surface area contributed by atoms with Gasteiger partial charge in [-0.3, -0.25) is 4.99 Å². The highest BCUT2D eigenvalue weighted by atomic mass is 14.7. The number of fused-ring (bicyclic) bond motifs is 2. The van der Waals surface area contributed by atoms with Crippen LogP contribution in [0.1, 0.15) is 31.9 Å². The van der Waals surface area contributed by atoms with Crippen LogP contribution in [-0.4, -0.2) is 12.3 Å². The monoisotopic (exact) mass is 643 g/mol. The quantitative estimate of drug-likeness (QED) is 0.0843. The zero-order chi connectivity index (χ0) is 34.5. The minimum Gasteiger partial charge on any atom is -0.285 e. The minimum absolute atomic E-state index is 0.757. The number of allylic oxidation sites excluding steroid dienone is 5. The van der Waals surface area contributed by atoms with E-state index in [1.54, 1.807) is 0 Å². The SMILES string of the molecule is C=C(/C=C\C)c1ccc(-c2ccc3c(-c4ccccc4)c4cc(-c5ccc(C(/C=C\C)=NCC)cc5)ccc4c(-c4ccccc4)c3c2)cc1. The van der Waals surface area contributed by atoms with Crippen LogP contribution in [0.5, 0.6) is 0 Å². The van der Waals surface area contributed by atoms with Gasteiger partial charge in [-0.15, -0.1) is 0 Å². The molecule has 7 rings (SSSR count). The van der Waals surface area contributed by atoms with E-state index in [0.717, 1.165) is 29.0 Å². The van der Waals surface area contributed by atoms with Gasteiger partial charge in [-0.05, 0) is 122 Å². The fraction of sp³-hybridized carbons (Fsp3) is 0.0816. The molecule has 0 unspecified atom stereocenters. The number of hydrogen-bond donors (Lipinski definition) is 0. The first kappa shape index (κ1) is 32.5. The summed E-state index contributed by atoms with van der Waals surface area (Å²) in [6, 6.07) is 53.2. The van der Waals surface area contributed by atoms with Gasteiger partial charge in [0.25, 0.3) is 0 Å². The van der Waals surface area contributed by atoms with Crippen molar-refractivity contribution in [1.29, 1.82) is 0 Å². The van der Waals surface area contributed by atoms with Crippen LogP contribution in [0.2, 0.25) is 0 Å². The van der Waals surface area contributed by atoms with Gasteiger partial charge in [-0.1, -0.05) is 158 Å². The summed E-state index contributed by atoms with van der Waals surface area (Å²) in [6.07, 6.45) is 8.22. The van der Waals surface area contributed by atoms with E-state index in [1.807, 2.05) is 26.0 Å². The molecule has 0 saturated carbocycles. The van der Waals surface area contributed by atoms with Crippen LogP contribution < -0.4 is 0 Å². The molecule has 0 radical (unpaired) electrons. The molecule has 0 saturated heterocycles. The third kappa shape index (κ3) is 6.39. The second-order valence-corrected chi connectivity index (χ2v) is 12.5. The molecule has 50 heavy (non-hydrogen) atoms. The summed E-state index contributed by atoms with van der Waals surface area (Å²) in [5.41, 5.74) is 14.0. The first-order valence-corrected chi connectivity index (χ1v) is 17.4. The highest BCUT2D eigenvalue weighted by molar-refractivity contribution is 6.22. The predicted molar refractivity (Wildman–Crippen MR) is 219 cm³/mol. The molecule has 7 aromatic carbocycles. The zero-order valence-corrected chi connectivity index (χ0v) is 29.0. The fourth-order valence-corrected chi connectivity index (χ4v) is 7.00. The lowest BCUT2D eigenvalue weighted by molar-refractivity contribution is 1.13. The van der Waals surface area contributed by atoms with Crippen LogP contribution in [0.25, 0.3) is 71.6 Å². The number of benzene rings is 7. The van der Waals surface area contributed by atoms with Crippen LogP contribution in [0.3, 0.4) is 0 Å². The largest absolute Gasteiger partial charge is 0.285 e. The summed E-state index contributed by atoms with van der Waals surface area (Å²) in [6.45, 7) is 11.1. The van der Waals surface area contributed by atoms with Crippen LogP contribution in [0.4, 0.5) is 0 Å². The Kier molecular flexibility index (Phi) is 9.49. The molecule has 0 atom stereocenters. The zero-order valence-electron chi connectivity index (χ0n) is 29.0. The molecule has 0 heterocycles. The summed E-state index contributed by atoms with van der Waals surface area (Å²) in [5.74, 6) is 0. The maximum Gasteiger partial charge on any atom is 0.0643 e. The van der Waals surface area contributed by atoms with Crippen molar-refractivity contribution in [1.82, 2.24) is 0 Å². The molecule has 0 aromatic heterocycles. The normalized spacial score (nSPS) is 12.0. The third-order valence-corrected chi connectivity index (χ3v) is 9.37. The molecule has 0 aliphatic rings. The van der Waals surface area contributed by atoms with Crippen molar-refractivity contribution >= 4 is 32.8 Å². The van der Waals surface area contributed by atoms with Crippen LogP contribution in [0, 0.1) is 0 Å². The van der Waals surface area contributed by atoms with Gasteiger partial charge in [-0.2, -0.15) is 0 Å². The van der Waals surface area contributed by atoms with E-state index in [4.69, 9.17) is 4.99 Å². The van der Waals surface area contributed by atoms with Crippen molar-refractivity contribution in [3.8, 4) is 44.5 Å². The van der Waals surface area contributed by atoms with Crippen LogP contribution >= 0.6 is 0 Å². The highest BCUT2D eigenvalue weighted by Crippen LogP contribution is 2.46. The van der Waals surface area contributed by atoms with E-state index < -0.39 is 0 Å². The lowest BCUT2D eigenvalue weighted by atomic mass is 9.84. The standard InChI is InChI=1S/C49H41N/c1-5-14-34(4)35-20-22-36(23-21-35)41-28-30-43-45(32-41)48(39-16-10-8-11-17-39)44-31-29-42(33-46(44)49(43)40-18-12-9-13-19-40)37-24-26-38(27-25-37)47(15-6-2)50-7-3/h5-6,8-33H,4,7H2,1-3H3/b14-5-,15-6-,50-47?. The fourth-order valence-electron chi connectivity index (χ4n) is 7.00. The van der Waals surface area contributed by atoms with Crippen molar-refractivity contribution in [2.45, 2.75) is 20.8 Å². The van der Waals surface area contributed by atoms with Gasteiger partial charge in [0.15, 0.2) is 0 Å². The van der Waals surface area contributed by atoms with Gasteiger partial charge in [0.05, 0.1) is 5.71 Å². The number of hydrogen-bond acceptors (Lipinski definition) is 1. The summed E-state index contributed by atoms with van der Waals surface area (Å²) >= 11 is 0. The average Bonchev–Trinajstić information content (AvgIpc) is 3.17. The number of aliphatic imine (C=N–C) groups is 1. The molecule has 0 spiro atoms. The molecular weight excluding hydrogens is 603 g/mol. The Bertz CT molecular complexity index is 2390. The summed E-state index contributed by atoms with van der Waals surface area (Å²) in [4.78, 5) is 4.71. The topological polar surface area (TPSA) is 12.4 Å². The Morgan fingerprint density at radius 3 is 1.36 bits per heavy atom. The first-order valence-electron chi connectivity index (χ1n) is 17.4. The van der Waals surface area contributed by atoms with Gasteiger partial charge in [0.2, 0.25) is 0 Å². The Hall–Kier alpha value is -6.05. The molecule has 1 heteroatoms. The lowest BCUT2D eigenvalue weighted by Gasteiger charge is -2.20. The number of nitrogens with zero attached hydrogens (tertiary/aromatic N) is 1. The molecular formula is C49H41N.